The summed E-state index contributed by atoms with van der Waals surface area (Å²) in [4.78, 5) is 141. The molecule has 0 radical (unpaired) electrons. The molecule has 0 N–H and O–H groups in total. The molecule has 102 heavy (non-hydrogen) atoms. The van der Waals surface area contributed by atoms with Gasteiger partial charge in [-0.25, -0.2) is 15.0 Å². The zero-order valence-electron chi connectivity index (χ0n) is 56.5. The molecule has 3 fully saturated rings. The Balaban J connectivity index is 0.000000137. The lowest BCUT2D eigenvalue weighted by atomic mass is 9.90. The van der Waals surface area contributed by atoms with Crippen LogP contribution in [-0.2, 0) is 28.9 Å². The van der Waals surface area contributed by atoms with Gasteiger partial charge in [0, 0.05) is 93.9 Å². The number of piperazine rings is 3. The first kappa shape index (κ1) is 68.3. The highest BCUT2D eigenvalue weighted by Crippen LogP contribution is 2.32. The Bertz CT molecular complexity index is 4880. The number of imide groups is 1. The number of aliphatic imine (C=N–C) groups is 3. The molecule has 0 aliphatic carbocycles. The van der Waals surface area contributed by atoms with Crippen molar-refractivity contribution in [3.8, 4) is 12.3 Å². The number of rotatable bonds is 15. The van der Waals surface area contributed by atoms with Gasteiger partial charge in [-0.2, -0.15) is 0 Å². The average Bonchev–Trinajstić information content (AvgIpc) is 0.988. The second-order valence-electron chi connectivity index (χ2n) is 25.9. The van der Waals surface area contributed by atoms with E-state index >= 15 is 0 Å². The van der Waals surface area contributed by atoms with Crippen LogP contribution in [-0.4, -0.2) is 192 Å². The summed E-state index contributed by atoms with van der Waals surface area (Å²) in [6, 6.07) is 65.0. The first-order valence-electron chi connectivity index (χ1n) is 33.9. The van der Waals surface area contributed by atoms with Crippen molar-refractivity contribution in [3.05, 3.63) is 285 Å². The number of hydrogen-bond acceptors (Lipinski definition) is 16. The van der Waals surface area contributed by atoms with Gasteiger partial charge in [0.1, 0.15) is 30.2 Å². The highest BCUT2D eigenvalue weighted by Gasteiger charge is 2.39. The predicted octanol–water partition coefficient (Wildman–Crippen LogP) is 10.0. The van der Waals surface area contributed by atoms with Crippen LogP contribution < -0.4 is 0 Å². The zero-order chi connectivity index (χ0) is 70.9. The quantitative estimate of drug-likeness (QED) is 0.0529. The average molecular weight is 1350 g/mol. The Hall–Kier alpha value is -12.2. The van der Waals surface area contributed by atoms with Crippen LogP contribution in [0.4, 0.5) is 17.1 Å². The summed E-state index contributed by atoms with van der Waals surface area (Å²) in [5.41, 5.74) is 13.7. The molecule has 3 saturated heterocycles. The van der Waals surface area contributed by atoms with Crippen LogP contribution in [0, 0.1) is 12.3 Å². The van der Waals surface area contributed by atoms with E-state index in [1.54, 1.807) is 89.8 Å². The summed E-state index contributed by atoms with van der Waals surface area (Å²) in [6.07, 6.45) is 7.44. The molecule has 0 bridgehead atoms. The van der Waals surface area contributed by atoms with Crippen LogP contribution in [0.15, 0.2) is 227 Å². The molecular formula is C82H72N12O8. The topological polar surface area (TPSA) is 232 Å². The summed E-state index contributed by atoms with van der Waals surface area (Å²) >= 11 is 0. The highest BCUT2D eigenvalue weighted by atomic mass is 16.2. The maximum Gasteiger partial charge on any atom is 0.273 e. The SMILES string of the molecule is C#Cc1ccc(C(=O)CN2CCN(C(=O)c3cccc(C4=Nc5ccccc5C4)n3)CC2)cc1.CC(C)(C(=O)c1ccccc1)N1CCN(C(=O)c2cccc(C3=Nc4ccccc4C3)n2)CC1.O=C(CN1C(=O)CN(C(=O)c2cccc(C3=Nc4ccccc4C3)n2)CC1=O)c1ccccc1. The Morgan fingerprint density at radius 1 is 0.402 bits per heavy atom. The number of fused-ring (bicyclic) bond motifs is 3. The van der Waals surface area contributed by atoms with Crippen molar-refractivity contribution in [1.82, 2.24) is 44.4 Å². The van der Waals surface area contributed by atoms with Crippen molar-refractivity contribution in [1.29, 1.82) is 0 Å². The summed E-state index contributed by atoms with van der Waals surface area (Å²) in [5, 5.41) is 0. The van der Waals surface area contributed by atoms with E-state index in [2.05, 4.69) is 52.8 Å². The Morgan fingerprint density at radius 3 is 1.20 bits per heavy atom. The van der Waals surface area contributed by atoms with E-state index in [9.17, 15) is 38.4 Å². The Labute approximate surface area is 590 Å². The van der Waals surface area contributed by atoms with Gasteiger partial charge in [-0.15, -0.1) is 6.42 Å². The number of nitrogens with zero attached hydrogens (tertiary/aromatic N) is 12. The van der Waals surface area contributed by atoms with Crippen LogP contribution in [0.25, 0.3) is 0 Å². The number of para-hydroxylation sites is 3. The number of carbonyl (C=O) groups excluding carboxylic acids is 8. The summed E-state index contributed by atoms with van der Waals surface area (Å²) in [6.45, 7) is 8.09. The number of aromatic nitrogens is 3. The second kappa shape index (κ2) is 30.5. The van der Waals surface area contributed by atoms with Crippen molar-refractivity contribution in [2.45, 2.75) is 38.6 Å². The summed E-state index contributed by atoms with van der Waals surface area (Å²) in [7, 11) is 0. The molecule has 0 atom stereocenters. The second-order valence-corrected chi connectivity index (χ2v) is 25.9. The smallest absolute Gasteiger partial charge is 0.273 e. The fraction of sp³-hybridized carbons (Fsp3) is 0.220. The van der Waals surface area contributed by atoms with Crippen molar-refractivity contribution in [2.24, 2.45) is 15.0 Å². The van der Waals surface area contributed by atoms with Crippen LogP contribution in [0.2, 0.25) is 0 Å². The third kappa shape index (κ3) is 15.5. The van der Waals surface area contributed by atoms with E-state index in [1.807, 2.05) is 134 Å². The van der Waals surface area contributed by atoms with E-state index < -0.39 is 23.3 Å². The number of ketones is 3. The maximum absolute atomic E-state index is 13.2. The third-order valence-corrected chi connectivity index (χ3v) is 18.9. The van der Waals surface area contributed by atoms with E-state index in [0.29, 0.717) is 99.1 Å². The van der Waals surface area contributed by atoms with Crippen LogP contribution in [0.5, 0.6) is 0 Å². The van der Waals surface area contributed by atoms with Gasteiger partial charge in [0.15, 0.2) is 17.3 Å². The molecule has 15 rings (SSSR count). The molecule has 0 saturated carbocycles. The molecule has 9 aromatic rings. The number of pyridine rings is 3. The third-order valence-electron chi connectivity index (χ3n) is 18.9. The van der Waals surface area contributed by atoms with Crippen LogP contribution in [0.3, 0.4) is 0 Å². The van der Waals surface area contributed by atoms with Gasteiger partial charge in [-0.3, -0.25) is 68.0 Å². The largest absolute Gasteiger partial charge is 0.335 e. The van der Waals surface area contributed by atoms with Gasteiger partial charge in [0.25, 0.3) is 17.7 Å². The van der Waals surface area contributed by atoms with Crippen molar-refractivity contribution >= 4 is 81.1 Å². The lowest BCUT2D eigenvalue weighted by Crippen LogP contribution is -2.58. The summed E-state index contributed by atoms with van der Waals surface area (Å²) in [5.74, 6) is 0.487. The molecule has 6 aliphatic rings. The Kier molecular flexibility index (Phi) is 20.4. The number of terminal acetylenes is 1. The van der Waals surface area contributed by atoms with Gasteiger partial charge in [0.2, 0.25) is 11.8 Å². The van der Waals surface area contributed by atoms with Crippen LogP contribution >= 0.6 is 0 Å². The van der Waals surface area contributed by atoms with E-state index in [1.165, 1.54) is 11.1 Å². The minimum Gasteiger partial charge on any atom is -0.335 e. The Morgan fingerprint density at radius 2 is 0.775 bits per heavy atom. The fourth-order valence-electron chi connectivity index (χ4n) is 13.1. The molecule has 5 amide bonds. The normalized spacial score (nSPS) is 15.6. The maximum atomic E-state index is 13.2. The zero-order valence-corrected chi connectivity index (χ0v) is 56.5. The monoisotopic (exact) mass is 1350 g/mol. The fourth-order valence-corrected chi connectivity index (χ4v) is 13.1. The molecule has 0 spiro atoms. The highest BCUT2D eigenvalue weighted by molar-refractivity contribution is 6.11. The minimum absolute atomic E-state index is 0.0519. The molecule has 3 aromatic heterocycles. The standard InChI is InChI=1S/C28H28N4O2.C28H24N4O2.C26H20N4O4/c1-28(2,26(33)20-9-4-3-5-10-20)32-17-15-31(16-18-32)27(34)24-14-8-13-23(30-24)25-19-21-11-6-7-12-22(21)29-25;1-2-20-10-12-21(13-11-20)27(33)19-31-14-16-32(17-15-31)28(34)25-9-5-8-24(30-25)26-18-22-6-3-4-7-23(22)29-26;31-23(17-7-2-1-3-8-17)14-30-24(32)15-29(16-25(30)33)26(34)21-12-6-11-20(28-21)22-13-18-9-4-5-10-19(18)27-22/h3-14H,15-19H2,1-2H3;1,3-13H,14-19H2;1-12H,13-16H2. The van der Waals surface area contributed by atoms with E-state index in [-0.39, 0.29) is 54.5 Å². The number of hydrogen-bond donors (Lipinski definition) is 0. The number of amides is 5. The molecule has 9 heterocycles. The van der Waals surface area contributed by atoms with Gasteiger partial charge in [-0.05, 0) is 97.3 Å². The molecule has 6 aliphatic heterocycles. The molecular weight excluding hydrogens is 1280 g/mol. The first-order chi connectivity index (χ1) is 49.5. The van der Waals surface area contributed by atoms with E-state index in [0.717, 1.165) is 79.4 Å². The first-order valence-corrected chi connectivity index (χ1v) is 33.9. The van der Waals surface area contributed by atoms with Gasteiger partial charge < -0.3 is 14.7 Å². The van der Waals surface area contributed by atoms with E-state index in [4.69, 9.17) is 11.4 Å². The van der Waals surface area contributed by atoms with Crippen LogP contribution in [0.1, 0.15) is 116 Å². The number of carbonyl (C=O) groups is 8. The lowest BCUT2D eigenvalue weighted by Gasteiger charge is -2.43. The molecule has 0 unspecified atom stereocenters. The van der Waals surface area contributed by atoms with Gasteiger partial charge >= 0.3 is 0 Å². The minimum atomic E-state index is -0.635. The molecule has 508 valence electrons. The molecule has 20 heteroatoms. The number of benzene rings is 6. The van der Waals surface area contributed by atoms with Crippen molar-refractivity contribution in [3.63, 3.8) is 0 Å². The van der Waals surface area contributed by atoms with Gasteiger partial charge in [0.05, 0.1) is 69.9 Å². The van der Waals surface area contributed by atoms with Crippen molar-refractivity contribution < 1.29 is 38.4 Å². The molecule has 20 nitrogen and oxygen atoms in total. The van der Waals surface area contributed by atoms with Gasteiger partial charge in [-0.1, -0.05) is 152 Å². The number of Topliss-reactive ketones (excluding diaryl/α,β-unsaturated/α-hetero) is 3. The summed E-state index contributed by atoms with van der Waals surface area (Å²) < 4.78 is 0. The lowest BCUT2D eigenvalue weighted by molar-refractivity contribution is -0.149. The van der Waals surface area contributed by atoms with Crippen molar-refractivity contribution in [2.75, 3.05) is 78.5 Å². The predicted molar refractivity (Wildman–Crippen MR) is 389 cm³/mol. The molecule has 6 aromatic carbocycles.